The average molecular weight is 387 g/mol. The summed E-state index contributed by atoms with van der Waals surface area (Å²) in [6, 6.07) is 7.24. The van der Waals surface area contributed by atoms with Gasteiger partial charge >= 0.3 is 0 Å². The fourth-order valence-corrected chi connectivity index (χ4v) is 2.97. The van der Waals surface area contributed by atoms with E-state index in [9.17, 15) is 14.0 Å². The Morgan fingerprint density at radius 2 is 1.89 bits per heavy atom. The van der Waals surface area contributed by atoms with Crippen molar-refractivity contribution in [1.82, 2.24) is 25.6 Å². The van der Waals surface area contributed by atoms with Gasteiger partial charge in [0.1, 0.15) is 0 Å². The zero-order chi connectivity index (χ0) is 19.9. The van der Waals surface area contributed by atoms with Gasteiger partial charge in [0.25, 0.3) is 11.8 Å². The van der Waals surface area contributed by atoms with E-state index >= 15 is 0 Å². The molecule has 1 aromatic carbocycles. The number of halogens is 1. The monoisotopic (exact) mass is 387 g/mol. The summed E-state index contributed by atoms with van der Waals surface area (Å²) >= 11 is 0. The number of carbonyl (C=O) groups excluding carboxylic acids is 2. The maximum atomic E-state index is 12.5. The number of alkyl halides is 1. The van der Waals surface area contributed by atoms with Crippen LogP contribution in [-0.4, -0.2) is 46.1 Å². The molecule has 1 saturated carbocycles. The summed E-state index contributed by atoms with van der Waals surface area (Å²) in [6.45, 7) is 2.09. The Labute approximate surface area is 163 Å². The minimum atomic E-state index is -0.339. The molecule has 0 saturated heterocycles. The predicted octanol–water partition coefficient (Wildman–Crippen LogP) is 2.59. The number of aromatic nitrogens is 3. The fraction of sp³-hybridized carbons (Fsp3) is 0.500. The molecule has 1 aromatic heterocycles. The summed E-state index contributed by atoms with van der Waals surface area (Å²) < 4.78 is 14.0. The van der Waals surface area contributed by atoms with Crippen LogP contribution in [0.1, 0.15) is 65.6 Å². The highest BCUT2D eigenvalue weighted by Gasteiger charge is 2.27. The third-order valence-corrected chi connectivity index (χ3v) is 4.65. The highest BCUT2D eigenvalue weighted by Crippen LogP contribution is 2.21. The second kappa shape index (κ2) is 9.43. The van der Waals surface area contributed by atoms with Crippen LogP contribution in [0.2, 0.25) is 0 Å². The van der Waals surface area contributed by atoms with Crippen LogP contribution in [0.5, 0.6) is 0 Å². The quantitative estimate of drug-likeness (QED) is 0.613. The van der Waals surface area contributed by atoms with Crippen molar-refractivity contribution in [3.8, 4) is 5.69 Å². The van der Waals surface area contributed by atoms with Crippen molar-refractivity contribution in [2.45, 2.75) is 51.5 Å². The minimum Gasteiger partial charge on any atom is -0.352 e. The maximum Gasteiger partial charge on any atom is 0.273 e. The number of hydrogen-bond acceptors (Lipinski definition) is 4. The fourth-order valence-electron chi connectivity index (χ4n) is 2.97. The van der Waals surface area contributed by atoms with Crippen molar-refractivity contribution in [1.29, 1.82) is 0 Å². The van der Waals surface area contributed by atoms with E-state index in [1.165, 1.54) is 0 Å². The van der Waals surface area contributed by atoms with Crippen LogP contribution in [0.25, 0.3) is 5.69 Å². The zero-order valence-corrected chi connectivity index (χ0v) is 16.1. The first-order valence-corrected chi connectivity index (χ1v) is 9.84. The number of nitrogens with zero attached hydrogens (tertiary/aromatic N) is 3. The third-order valence-electron chi connectivity index (χ3n) is 4.65. The molecule has 3 rings (SSSR count). The first-order valence-electron chi connectivity index (χ1n) is 9.84. The lowest BCUT2D eigenvalue weighted by Crippen LogP contribution is -2.27. The standard InChI is InChI=1S/C20H26FN5O2/c1-2-22-19(27)14-7-11-16(12-8-14)26-17(6-4-3-5-13-21)18(24-25-26)20(28)23-15-9-10-15/h7-8,11-12,15H,2-6,9-10,13H2,1H3,(H,22,27)(H,23,28). The SMILES string of the molecule is CCNC(=O)c1ccc(-n2nnc(C(=O)NC3CC3)c2CCCCCF)cc1. The lowest BCUT2D eigenvalue weighted by atomic mass is 10.1. The Hall–Kier alpha value is -2.77. The largest absolute Gasteiger partial charge is 0.352 e. The molecule has 1 aliphatic carbocycles. The molecule has 0 aliphatic heterocycles. The van der Waals surface area contributed by atoms with Crippen LogP contribution in [0.4, 0.5) is 4.39 Å². The van der Waals surface area contributed by atoms with Gasteiger partial charge in [-0.2, -0.15) is 0 Å². The molecule has 1 heterocycles. The van der Waals surface area contributed by atoms with Gasteiger partial charge in [0, 0.05) is 18.2 Å². The van der Waals surface area contributed by atoms with Crippen molar-refractivity contribution in [2.24, 2.45) is 0 Å². The highest BCUT2D eigenvalue weighted by molar-refractivity contribution is 5.94. The van der Waals surface area contributed by atoms with Crippen LogP contribution in [0, 0.1) is 0 Å². The van der Waals surface area contributed by atoms with Crippen molar-refractivity contribution in [2.75, 3.05) is 13.2 Å². The molecule has 28 heavy (non-hydrogen) atoms. The van der Waals surface area contributed by atoms with Gasteiger partial charge in [-0.15, -0.1) is 5.10 Å². The molecule has 7 nitrogen and oxygen atoms in total. The molecular formula is C20H26FN5O2. The van der Waals surface area contributed by atoms with Crippen LogP contribution in [0.15, 0.2) is 24.3 Å². The van der Waals surface area contributed by atoms with Gasteiger partial charge in [0.05, 0.1) is 18.1 Å². The zero-order valence-electron chi connectivity index (χ0n) is 16.1. The highest BCUT2D eigenvalue weighted by atomic mass is 19.1. The number of benzene rings is 1. The molecule has 0 bridgehead atoms. The molecule has 0 atom stereocenters. The molecule has 1 aliphatic rings. The number of nitrogens with one attached hydrogen (secondary N) is 2. The first-order chi connectivity index (χ1) is 13.6. The van der Waals surface area contributed by atoms with Crippen molar-refractivity contribution < 1.29 is 14.0 Å². The van der Waals surface area contributed by atoms with E-state index in [0.29, 0.717) is 36.3 Å². The van der Waals surface area contributed by atoms with Gasteiger partial charge in [0.2, 0.25) is 0 Å². The van der Waals surface area contributed by atoms with Crippen LogP contribution >= 0.6 is 0 Å². The average Bonchev–Trinajstić information content (AvgIpc) is 3.41. The van der Waals surface area contributed by atoms with Gasteiger partial charge in [-0.05, 0) is 63.3 Å². The van der Waals surface area contributed by atoms with Crippen molar-refractivity contribution in [3.63, 3.8) is 0 Å². The van der Waals surface area contributed by atoms with Crippen molar-refractivity contribution in [3.05, 3.63) is 41.2 Å². The topological polar surface area (TPSA) is 88.9 Å². The lowest BCUT2D eigenvalue weighted by molar-refractivity contribution is 0.0940. The molecule has 2 N–H and O–H groups in total. The van der Waals surface area contributed by atoms with Gasteiger partial charge in [0.15, 0.2) is 5.69 Å². The molecule has 0 spiro atoms. The number of carbonyl (C=O) groups is 2. The Bertz CT molecular complexity index is 815. The number of unbranched alkanes of at least 4 members (excludes halogenated alkanes) is 2. The van der Waals surface area contributed by atoms with E-state index in [1.54, 1.807) is 28.9 Å². The summed E-state index contributed by atoms with van der Waals surface area (Å²) in [4.78, 5) is 24.5. The van der Waals surface area contributed by atoms with Crippen LogP contribution in [0.3, 0.4) is 0 Å². The van der Waals surface area contributed by atoms with E-state index in [1.807, 2.05) is 6.92 Å². The molecule has 8 heteroatoms. The number of rotatable bonds is 10. The van der Waals surface area contributed by atoms with Crippen LogP contribution in [-0.2, 0) is 6.42 Å². The Morgan fingerprint density at radius 1 is 1.14 bits per heavy atom. The van der Waals surface area contributed by atoms with Gasteiger partial charge in [-0.1, -0.05) is 11.6 Å². The summed E-state index contributed by atoms with van der Waals surface area (Å²) in [5.41, 5.74) is 2.32. The van der Waals surface area contributed by atoms with Gasteiger partial charge in [-0.3, -0.25) is 14.0 Å². The smallest absolute Gasteiger partial charge is 0.273 e. The summed E-state index contributed by atoms with van der Waals surface area (Å²) in [7, 11) is 0. The Balaban J connectivity index is 1.82. The Morgan fingerprint density at radius 3 is 2.54 bits per heavy atom. The lowest BCUT2D eigenvalue weighted by Gasteiger charge is -2.09. The van der Waals surface area contributed by atoms with E-state index in [-0.39, 0.29) is 24.5 Å². The molecule has 0 unspecified atom stereocenters. The minimum absolute atomic E-state index is 0.136. The summed E-state index contributed by atoms with van der Waals surface area (Å²) in [6.07, 6.45) is 4.56. The maximum absolute atomic E-state index is 12.5. The summed E-state index contributed by atoms with van der Waals surface area (Å²) in [5, 5.41) is 14.0. The van der Waals surface area contributed by atoms with E-state index in [0.717, 1.165) is 31.4 Å². The Kier molecular flexibility index (Phi) is 6.73. The molecular weight excluding hydrogens is 361 g/mol. The van der Waals surface area contributed by atoms with Crippen molar-refractivity contribution >= 4 is 11.8 Å². The van der Waals surface area contributed by atoms with E-state index in [2.05, 4.69) is 20.9 Å². The first kappa shape index (κ1) is 20.0. The molecule has 150 valence electrons. The molecule has 0 radical (unpaired) electrons. The normalized spacial score (nSPS) is 13.4. The predicted molar refractivity (Wildman–Crippen MR) is 103 cm³/mol. The third kappa shape index (κ3) is 4.94. The van der Waals surface area contributed by atoms with Gasteiger partial charge in [-0.25, -0.2) is 4.68 Å². The summed E-state index contributed by atoms with van der Waals surface area (Å²) in [5.74, 6) is -0.350. The second-order valence-corrected chi connectivity index (χ2v) is 6.95. The second-order valence-electron chi connectivity index (χ2n) is 6.95. The molecule has 2 amide bonds. The van der Waals surface area contributed by atoms with Crippen LogP contribution < -0.4 is 10.6 Å². The molecule has 1 fully saturated rings. The van der Waals surface area contributed by atoms with E-state index in [4.69, 9.17) is 0 Å². The molecule has 2 aromatic rings. The van der Waals surface area contributed by atoms with E-state index < -0.39 is 0 Å². The number of hydrogen-bond donors (Lipinski definition) is 2. The number of amides is 2. The van der Waals surface area contributed by atoms with Gasteiger partial charge < -0.3 is 10.6 Å².